The Bertz CT molecular complexity index is 1070. The van der Waals surface area contributed by atoms with E-state index in [9.17, 15) is 4.79 Å². The molecule has 8 nitrogen and oxygen atoms in total. The van der Waals surface area contributed by atoms with Crippen LogP contribution in [0, 0.1) is 6.92 Å². The number of rotatable bonds is 6. The topological polar surface area (TPSA) is 93.1 Å². The smallest absolute Gasteiger partial charge is 0.243 e. The Morgan fingerprint density at radius 1 is 1.20 bits per heavy atom. The largest absolute Gasteiger partial charge is 0.497 e. The average Bonchev–Trinajstić information content (AvgIpc) is 3.23. The van der Waals surface area contributed by atoms with Crippen LogP contribution < -0.4 is 15.0 Å². The number of hydrogen-bond acceptors (Lipinski definition) is 7. The van der Waals surface area contributed by atoms with Crippen LogP contribution in [-0.4, -0.2) is 46.5 Å². The van der Waals surface area contributed by atoms with Crippen molar-refractivity contribution in [2.24, 2.45) is 0 Å². The van der Waals surface area contributed by atoms with Crippen molar-refractivity contribution in [3.63, 3.8) is 0 Å². The summed E-state index contributed by atoms with van der Waals surface area (Å²) in [6.07, 6.45) is 6.17. The quantitative estimate of drug-likeness (QED) is 0.675. The minimum absolute atomic E-state index is 0.130. The van der Waals surface area contributed by atoms with Crippen molar-refractivity contribution in [1.82, 2.24) is 19.9 Å². The van der Waals surface area contributed by atoms with Gasteiger partial charge in [-0.2, -0.15) is 0 Å². The maximum atomic E-state index is 12.6. The fourth-order valence-corrected chi connectivity index (χ4v) is 3.54. The van der Waals surface area contributed by atoms with Gasteiger partial charge in [0.1, 0.15) is 17.3 Å². The van der Waals surface area contributed by atoms with E-state index in [-0.39, 0.29) is 12.5 Å². The van der Waals surface area contributed by atoms with Crippen LogP contribution in [0.25, 0.3) is 11.5 Å². The number of carbonyl (C=O) groups is 1. The summed E-state index contributed by atoms with van der Waals surface area (Å²) in [6.45, 7) is 2.08. The highest BCUT2D eigenvalue weighted by Gasteiger charge is 2.23. The Morgan fingerprint density at radius 2 is 2.07 bits per heavy atom. The number of amides is 1. The van der Waals surface area contributed by atoms with Gasteiger partial charge in [-0.3, -0.25) is 14.8 Å². The van der Waals surface area contributed by atoms with Crippen LogP contribution in [0.2, 0.25) is 0 Å². The van der Waals surface area contributed by atoms with Crippen molar-refractivity contribution in [2.45, 2.75) is 26.2 Å². The summed E-state index contributed by atoms with van der Waals surface area (Å²) in [7, 11) is 3.49. The fourth-order valence-electron chi connectivity index (χ4n) is 3.54. The van der Waals surface area contributed by atoms with E-state index in [0.29, 0.717) is 23.0 Å². The van der Waals surface area contributed by atoms with Crippen molar-refractivity contribution < 1.29 is 9.53 Å². The van der Waals surface area contributed by atoms with Crippen molar-refractivity contribution in [3.05, 3.63) is 53.6 Å². The highest BCUT2D eigenvalue weighted by atomic mass is 16.5. The van der Waals surface area contributed by atoms with Crippen molar-refractivity contribution in [1.29, 1.82) is 0 Å². The number of ether oxygens (including phenoxy) is 1. The second kappa shape index (κ2) is 8.44. The molecule has 0 aromatic carbocycles. The van der Waals surface area contributed by atoms with E-state index in [1.807, 2.05) is 37.1 Å². The number of nitrogens with one attached hydrogen (secondary N) is 1. The van der Waals surface area contributed by atoms with Crippen LogP contribution in [0.3, 0.4) is 0 Å². The Morgan fingerprint density at radius 3 is 2.83 bits per heavy atom. The first-order valence-corrected chi connectivity index (χ1v) is 9.87. The number of carbonyl (C=O) groups excluding carboxylic acids is 1. The van der Waals surface area contributed by atoms with Crippen molar-refractivity contribution in [2.75, 3.05) is 30.9 Å². The van der Waals surface area contributed by atoms with Gasteiger partial charge in [0, 0.05) is 36.3 Å². The van der Waals surface area contributed by atoms with Gasteiger partial charge in [0.05, 0.1) is 25.5 Å². The minimum Gasteiger partial charge on any atom is -0.497 e. The molecule has 0 aliphatic heterocycles. The maximum Gasteiger partial charge on any atom is 0.243 e. The summed E-state index contributed by atoms with van der Waals surface area (Å²) in [5.74, 6) is 1.88. The van der Waals surface area contributed by atoms with E-state index >= 15 is 0 Å². The molecule has 1 amide bonds. The lowest BCUT2D eigenvalue weighted by atomic mass is 10.2. The van der Waals surface area contributed by atoms with E-state index in [0.717, 1.165) is 42.0 Å². The Hall–Kier alpha value is -3.55. The summed E-state index contributed by atoms with van der Waals surface area (Å²) in [4.78, 5) is 32.5. The lowest BCUT2D eigenvalue weighted by molar-refractivity contribution is -0.114. The number of nitrogens with zero attached hydrogens (tertiary/aromatic N) is 5. The van der Waals surface area contributed by atoms with E-state index in [1.165, 1.54) is 0 Å². The predicted octanol–water partition coefficient (Wildman–Crippen LogP) is 2.81. The molecule has 1 N–H and O–H groups in total. The van der Waals surface area contributed by atoms with E-state index in [2.05, 4.69) is 15.3 Å². The van der Waals surface area contributed by atoms with Gasteiger partial charge in [-0.1, -0.05) is 0 Å². The molecule has 0 atom stereocenters. The highest BCUT2D eigenvalue weighted by molar-refractivity contribution is 5.93. The molecule has 3 aromatic heterocycles. The molecule has 3 aromatic rings. The monoisotopic (exact) mass is 404 g/mol. The Kier molecular flexibility index (Phi) is 5.56. The first kappa shape index (κ1) is 19.8. The van der Waals surface area contributed by atoms with Gasteiger partial charge in [0.25, 0.3) is 0 Å². The molecule has 0 saturated carbocycles. The van der Waals surface area contributed by atoms with Gasteiger partial charge in [0.15, 0.2) is 5.82 Å². The first-order valence-electron chi connectivity index (χ1n) is 9.87. The molecule has 4 rings (SSSR count). The second-order valence-electron chi connectivity index (χ2n) is 7.32. The van der Waals surface area contributed by atoms with E-state index in [4.69, 9.17) is 14.7 Å². The summed E-state index contributed by atoms with van der Waals surface area (Å²) in [5.41, 5.74) is 4.35. The SMILES string of the molecule is COc1ccnc(-c2nc3c(c(N(C)CC(=O)Nc4ccc(C)nc4)n2)CCC3)c1. The van der Waals surface area contributed by atoms with Gasteiger partial charge in [-0.05, 0) is 44.4 Å². The normalized spacial score (nSPS) is 12.4. The number of aryl methyl sites for hydroxylation is 2. The molecule has 154 valence electrons. The number of fused-ring (bicyclic) bond motifs is 1. The summed E-state index contributed by atoms with van der Waals surface area (Å²) in [5, 5.41) is 2.88. The molecule has 0 spiro atoms. The van der Waals surface area contributed by atoms with Crippen LogP contribution in [-0.2, 0) is 17.6 Å². The van der Waals surface area contributed by atoms with Crippen molar-refractivity contribution in [3.8, 4) is 17.3 Å². The molecular weight excluding hydrogens is 380 g/mol. The number of likely N-dealkylation sites (N-methyl/N-ethyl adjacent to an activating group) is 1. The zero-order valence-electron chi connectivity index (χ0n) is 17.3. The zero-order chi connectivity index (χ0) is 21.1. The molecule has 0 radical (unpaired) electrons. The van der Waals surface area contributed by atoms with Gasteiger partial charge in [-0.15, -0.1) is 0 Å². The standard InChI is InChI=1S/C22H24N6O2/c1-14-7-8-15(12-24-14)25-20(29)13-28(2)22-17-5-4-6-18(17)26-21(27-22)19-11-16(30-3)9-10-23-19/h7-12H,4-6,13H2,1-3H3,(H,25,29). The second-order valence-corrected chi connectivity index (χ2v) is 7.32. The molecule has 8 heteroatoms. The molecule has 0 bridgehead atoms. The molecule has 30 heavy (non-hydrogen) atoms. The molecule has 1 aliphatic rings. The summed E-state index contributed by atoms with van der Waals surface area (Å²) in [6, 6.07) is 7.31. The first-order chi connectivity index (χ1) is 14.5. The minimum atomic E-state index is -0.130. The van der Waals surface area contributed by atoms with E-state index < -0.39 is 0 Å². The lowest BCUT2D eigenvalue weighted by Crippen LogP contribution is -2.31. The Labute approximate surface area is 175 Å². The van der Waals surface area contributed by atoms with Crippen LogP contribution in [0.15, 0.2) is 36.7 Å². The molecule has 0 unspecified atom stereocenters. The molecule has 0 fully saturated rings. The van der Waals surface area contributed by atoms with Gasteiger partial charge in [-0.25, -0.2) is 9.97 Å². The third kappa shape index (κ3) is 4.22. The van der Waals surface area contributed by atoms with Gasteiger partial charge < -0.3 is 15.0 Å². The third-order valence-corrected chi connectivity index (χ3v) is 5.04. The predicted molar refractivity (Wildman–Crippen MR) is 115 cm³/mol. The van der Waals surface area contributed by atoms with Crippen LogP contribution in [0.4, 0.5) is 11.5 Å². The molecule has 0 saturated heterocycles. The van der Waals surface area contributed by atoms with Crippen LogP contribution >= 0.6 is 0 Å². The lowest BCUT2D eigenvalue weighted by Gasteiger charge is -2.21. The number of aromatic nitrogens is 4. The van der Waals surface area contributed by atoms with E-state index in [1.54, 1.807) is 25.6 Å². The average molecular weight is 404 g/mol. The highest BCUT2D eigenvalue weighted by Crippen LogP contribution is 2.31. The fraction of sp³-hybridized carbons (Fsp3) is 0.318. The summed E-state index contributed by atoms with van der Waals surface area (Å²) < 4.78 is 5.30. The third-order valence-electron chi connectivity index (χ3n) is 5.04. The Balaban J connectivity index is 1.58. The number of methoxy groups -OCH3 is 1. The van der Waals surface area contributed by atoms with Crippen LogP contribution in [0.1, 0.15) is 23.4 Å². The maximum absolute atomic E-state index is 12.6. The number of anilines is 2. The number of pyridine rings is 2. The summed E-state index contributed by atoms with van der Waals surface area (Å²) >= 11 is 0. The molecular formula is C22H24N6O2. The van der Waals surface area contributed by atoms with Crippen LogP contribution in [0.5, 0.6) is 5.75 Å². The van der Waals surface area contributed by atoms with Gasteiger partial charge >= 0.3 is 0 Å². The van der Waals surface area contributed by atoms with Gasteiger partial charge in [0.2, 0.25) is 5.91 Å². The molecule has 3 heterocycles. The molecule has 1 aliphatic carbocycles. The number of hydrogen-bond donors (Lipinski definition) is 1. The zero-order valence-corrected chi connectivity index (χ0v) is 17.3. The van der Waals surface area contributed by atoms with Crippen molar-refractivity contribution >= 4 is 17.4 Å².